The van der Waals surface area contributed by atoms with Crippen LogP contribution in [0.25, 0.3) is 0 Å². The summed E-state index contributed by atoms with van der Waals surface area (Å²) in [6, 6.07) is 6.89. The summed E-state index contributed by atoms with van der Waals surface area (Å²) in [5, 5.41) is 3.14. The van der Waals surface area contributed by atoms with Gasteiger partial charge in [-0.2, -0.15) is 0 Å². The summed E-state index contributed by atoms with van der Waals surface area (Å²) < 4.78 is 5.61. The molecule has 3 rings (SSSR count). The Morgan fingerprint density at radius 2 is 1.93 bits per heavy atom. The van der Waals surface area contributed by atoms with Crippen molar-refractivity contribution in [1.29, 1.82) is 0 Å². The van der Waals surface area contributed by atoms with Crippen molar-refractivity contribution in [1.82, 2.24) is 15.1 Å². The number of piperidine rings is 1. The second kappa shape index (κ2) is 8.95. The van der Waals surface area contributed by atoms with Gasteiger partial charge in [-0.3, -0.25) is 9.59 Å². The number of hydrogen-bond acceptors (Lipinski definition) is 4. The van der Waals surface area contributed by atoms with Crippen LogP contribution in [0.5, 0.6) is 5.75 Å². The van der Waals surface area contributed by atoms with Crippen LogP contribution in [0, 0.1) is 5.41 Å². The van der Waals surface area contributed by atoms with Crippen LogP contribution in [0.15, 0.2) is 24.3 Å². The van der Waals surface area contributed by atoms with Gasteiger partial charge in [-0.1, -0.05) is 19.1 Å². The van der Waals surface area contributed by atoms with E-state index in [-0.39, 0.29) is 17.2 Å². The molecule has 2 saturated heterocycles. The largest absolute Gasteiger partial charge is 0.493 e. The standard InChI is InChI=1S/C22H33N3O3/c1-4-28-19-10-6-5-8-17(19)21(27)25-13-7-9-18(25)20(26)23-16-22(2)11-14-24(3)15-12-22/h5-6,8,10,18H,4,7,9,11-16H2,1-3H3,(H,23,26). The highest BCUT2D eigenvalue weighted by atomic mass is 16.5. The van der Waals surface area contributed by atoms with Gasteiger partial charge in [0.1, 0.15) is 11.8 Å². The molecule has 0 bridgehead atoms. The number of hydrogen-bond donors (Lipinski definition) is 1. The van der Waals surface area contributed by atoms with Gasteiger partial charge in [0.15, 0.2) is 0 Å². The zero-order chi connectivity index (χ0) is 20.1. The number of benzene rings is 1. The molecule has 1 aromatic carbocycles. The van der Waals surface area contributed by atoms with Gasteiger partial charge in [0.05, 0.1) is 12.2 Å². The third kappa shape index (κ3) is 4.66. The van der Waals surface area contributed by atoms with Crippen molar-refractivity contribution in [2.75, 3.05) is 39.8 Å². The second-order valence-corrected chi connectivity index (χ2v) is 8.42. The lowest BCUT2D eigenvalue weighted by atomic mass is 9.80. The maximum atomic E-state index is 13.1. The summed E-state index contributed by atoms with van der Waals surface area (Å²) in [6.07, 6.45) is 3.73. The number of nitrogens with zero attached hydrogens (tertiary/aromatic N) is 2. The third-order valence-corrected chi connectivity index (χ3v) is 6.12. The Labute approximate surface area is 168 Å². The van der Waals surface area contributed by atoms with Crippen molar-refractivity contribution in [3.05, 3.63) is 29.8 Å². The molecule has 2 amide bonds. The third-order valence-electron chi connectivity index (χ3n) is 6.12. The van der Waals surface area contributed by atoms with Crippen LogP contribution in [-0.2, 0) is 4.79 Å². The Morgan fingerprint density at radius 3 is 2.64 bits per heavy atom. The van der Waals surface area contributed by atoms with Crippen molar-refractivity contribution >= 4 is 11.8 Å². The topological polar surface area (TPSA) is 61.9 Å². The fraction of sp³-hybridized carbons (Fsp3) is 0.636. The molecule has 1 unspecified atom stereocenters. The van der Waals surface area contributed by atoms with E-state index in [2.05, 4.69) is 24.2 Å². The highest BCUT2D eigenvalue weighted by Gasteiger charge is 2.37. The van der Waals surface area contributed by atoms with Crippen molar-refractivity contribution in [2.45, 2.75) is 45.6 Å². The van der Waals surface area contributed by atoms with E-state index in [0.717, 1.165) is 32.4 Å². The van der Waals surface area contributed by atoms with Crippen molar-refractivity contribution in [3.8, 4) is 5.75 Å². The van der Waals surface area contributed by atoms with Crippen molar-refractivity contribution in [3.63, 3.8) is 0 Å². The molecule has 1 atom stereocenters. The highest BCUT2D eigenvalue weighted by Crippen LogP contribution is 2.30. The molecular formula is C22H33N3O3. The Bertz CT molecular complexity index is 698. The first-order valence-corrected chi connectivity index (χ1v) is 10.4. The highest BCUT2D eigenvalue weighted by molar-refractivity contribution is 6.00. The van der Waals surface area contributed by atoms with E-state index in [0.29, 0.717) is 37.4 Å². The van der Waals surface area contributed by atoms with Crippen molar-refractivity contribution in [2.24, 2.45) is 5.41 Å². The fourth-order valence-electron chi connectivity index (χ4n) is 4.12. The van der Waals surface area contributed by atoms with Gasteiger partial charge in [0.2, 0.25) is 5.91 Å². The SMILES string of the molecule is CCOc1ccccc1C(=O)N1CCCC1C(=O)NCC1(C)CCN(C)CC1. The minimum atomic E-state index is -0.392. The molecule has 2 heterocycles. The molecule has 28 heavy (non-hydrogen) atoms. The van der Waals surface area contributed by atoms with Gasteiger partial charge in [-0.25, -0.2) is 0 Å². The fourth-order valence-corrected chi connectivity index (χ4v) is 4.12. The number of ether oxygens (including phenoxy) is 1. The van der Waals surface area contributed by atoms with E-state index in [9.17, 15) is 9.59 Å². The maximum Gasteiger partial charge on any atom is 0.258 e. The number of carbonyl (C=O) groups excluding carboxylic acids is 2. The molecule has 6 nitrogen and oxygen atoms in total. The summed E-state index contributed by atoms with van der Waals surface area (Å²) >= 11 is 0. The zero-order valence-corrected chi connectivity index (χ0v) is 17.4. The zero-order valence-electron chi connectivity index (χ0n) is 17.4. The lowest BCUT2D eigenvalue weighted by Crippen LogP contribution is -2.49. The molecule has 2 aliphatic heterocycles. The number of rotatable bonds is 6. The molecule has 6 heteroatoms. The van der Waals surface area contributed by atoms with Gasteiger partial charge in [0, 0.05) is 13.1 Å². The van der Waals surface area contributed by atoms with E-state index in [4.69, 9.17) is 4.74 Å². The molecule has 154 valence electrons. The lowest BCUT2D eigenvalue weighted by molar-refractivity contribution is -0.125. The van der Waals surface area contributed by atoms with Crippen LogP contribution < -0.4 is 10.1 Å². The first-order valence-electron chi connectivity index (χ1n) is 10.4. The van der Waals surface area contributed by atoms with Crippen LogP contribution >= 0.6 is 0 Å². The summed E-state index contributed by atoms with van der Waals surface area (Å²) in [4.78, 5) is 30.1. The number of para-hydroxylation sites is 1. The number of likely N-dealkylation sites (tertiary alicyclic amines) is 2. The predicted molar refractivity (Wildman–Crippen MR) is 110 cm³/mol. The average molecular weight is 388 g/mol. The Morgan fingerprint density at radius 1 is 1.21 bits per heavy atom. The molecule has 0 radical (unpaired) electrons. The van der Waals surface area contributed by atoms with E-state index < -0.39 is 6.04 Å². The maximum absolute atomic E-state index is 13.1. The van der Waals surface area contributed by atoms with Crippen LogP contribution in [0.3, 0.4) is 0 Å². The Balaban J connectivity index is 1.64. The molecule has 1 N–H and O–H groups in total. The van der Waals surface area contributed by atoms with E-state index >= 15 is 0 Å². The second-order valence-electron chi connectivity index (χ2n) is 8.42. The van der Waals surface area contributed by atoms with Crippen LogP contribution in [0.1, 0.15) is 49.9 Å². The summed E-state index contributed by atoms with van der Waals surface area (Å²) in [5.74, 6) is 0.437. The average Bonchev–Trinajstić information content (AvgIpc) is 3.19. The normalized spacial score (nSPS) is 22.1. The molecule has 0 saturated carbocycles. The molecule has 2 fully saturated rings. The molecule has 0 aliphatic carbocycles. The number of amides is 2. The Kier molecular flexibility index (Phi) is 6.60. The van der Waals surface area contributed by atoms with Gasteiger partial charge in [-0.05, 0) is 70.3 Å². The lowest BCUT2D eigenvalue weighted by Gasteiger charge is -2.38. The molecule has 0 spiro atoms. The molecule has 2 aliphatic rings. The quantitative estimate of drug-likeness (QED) is 0.815. The van der Waals surface area contributed by atoms with Gasteiger partial charge < -0.3 is 19.9 Å². The number of nitrogens with one attached hydrogen (secondary N) is 1. The van der Waals surface area contributed by atoms with Crippen LogP contribution in [0.4, 0.5) is 0 Å². The molecular weight excluding hydrogens is 354 g/mol. The first-order chi connectivity index (χ1) is 13.4. The first kappa shape index (κ1) is 20.6. The van der Waals surface area contributed by atoms with Crippen molar-refractivity contribution < 1.29 is 14.3 Å². The number of carbonyl (C=O) groups is 2. The van der Waals surface area contributed by atoms with Crippen LogP contribution in [-0.4, -0.2) is 67.5 Å². The van der Waals surface area contributed by atoms with E-state index in [1.807, 2.05) is 25.1 Å². The van der Waals surface area contributed by atoms with E-state index in [1.54, 1.807) is 11.0 Å². The van der Waals surface area contributed by atoms with Gasteiger partial charge in [0.25, 0.3) is 5.91 Å². The van der Waals surface area contributed by atoms with Gasteiger partial charge in [-0.15, -0.1) is 0 Å². The minimum absolute atomic E-state index is 0.0279. The van der Waals surface area contributed by atoms with Crippen LogP contribution in [0.2, 0.25) is 0 Å². The summed E-state index contributed by atoms with van der Waals surface area (Å²) in [7, 11) is 2.14. The molecule has 1 aromatic rings. The summed E-state index contributed by atoms with van der Waals surface area (Å²) in [5.41, 5.74) is 0.670. The molecule has 0 aromatic heterocycles. The summed E-state index contributed by atoms with van der Waals surface area (Å²) in [6.45, 7) is 8.06. The van der Waals surface area contributed by atoms with Gasteiger partial charge >= 0.3 is 0 Å². The predicted octanol–water partition coefficient (Wildman–Crippen LogP) is 2.54. The van der Waals surface area contributed by atoms with E-state index in [1.165, 1.54) is 0 Å². The smallest absolute Gasteiger partial charge is 0.258 e. The minimum Gasteiger partial charge on any atom is -0.493 e. The Hall–Kier alpha value is -2.08. The monoisotopic (exact) mass is 387 g/mol.